The second-order valence-electron chi connectivity index (χ2n) is 6.18. The third-order valence-corrected chi connectivity index (χ3v) is 4.68. The van der Waals surface area contributed by atoms with Gasteiger partial charge in [-0.3, -0.25) is 10.1 Å². The molecule has 124 valence electrons. The molecule has 0 aliphatic carbocycles. The van der Waals surface area contributed by atoms with Crippen LogP contribution in [0.15, 0.2) is 79.0 Å². The van der Waals surface area contributed by atoms with E-state index < -0.39 is 0 Å². The van der Waals surface area contributed by atoms with Crippen LogP contribution >= 0.6 is 0 Å². The predicted octanol–water partition coefficient (Wildman–Crippen LogP) is 5.24. The van der Waals surface area contributed by atoms with Gasteiger partial charge in [-0.1, -0.05) is 36.4 Å². The molecular weight excluding hydrogens is 326 g/mol. The zero-order chi connectivity index (χ0) is 17.7. The molecule has 0 spiro atoms. The fourth-order valence-electron chi connectivity index (χ4n) is 3.52. The first-order chi connectivity index (χ1) is 12.7. The minimum absolute atomic E-state index is 0.0969. The van der Waals surface area contributed by atoms with Crippen LogP contribution in [0.25, 0.3) is 38.4 Å². The van der Waals surface area contributed by atoms with E-state index >= 15 is 0 Å². The molecule has 2 heterocycles. The molecule has 2 aromatic heterocycles. The Morgan fingerprint density at radius 2 is 1.50 bits per heavy atom. The van der Waals surface area contributed by atoms with Crippen LogP contribution in [0.1, 0.15) is 0 Å². The van der Waals surface area contributed by atoms with Crippen molar-refractivity contribution in [2.24, 2.45) is 0 Å². The second kappa shape index (κ2) is 5.39. The molecule has 0 unspecified atom stereocenters. The van der Waals surface area contributed by atoms with E-state index in [0.717, 1.165) is 38.4 Å². The van der Waals surface area contributed by atoms with Gasteiger partial charge in [-0.05, 0) is 24.3 Å². The maximum Gasteiger partial charge on any atom is 0.270 e. The van der Waals surface area contributed by atoms with Crippen LogP contribution in [0.3, 0.4) is 0 Å². The molecule has 5 heteroatoms. The minimum Gasteiger partial charge on any atom is -0.315 e. The van der Waals surface area contributed by atoms with Crippen LogP contribution in [0.4, 0.5) is 5.69 Å². The standard InChI is InChI=1S/C21H13N3O2/c25-24(26)15-9-10-20-14(13-15)11-12-23(20)21-16-5-1-3-7-18(16)22-19-8-4-2-6-17(19)21/h1-13H. The first-order valence-electron chi connectivity index (χ1n) is 8.26. The van der Waals surface area contributed by atoms with Crippen molar-refractivity contribution in [2.75, 3.05) is 0 Å². The maximum absolute atomic E-state index is 11.1. The third-order valence-electron chi connectivity index (χ3n) is 4.68. The maximum atomic E-state index is 11.1. The van der Waals surface area contributed by atoms with Crippen molar-refractivity contribution in [1.29, 1.82) is 0 Å². The Labute approximate surface area is 148 Å². The Kier molecular flexibility index (Phi) is 3.03. The molecule has 0 amide bonds. The number of nitro groups is 1. The Morgan fingerprint density at radius 3 is 2.15 bits per heavy atom. The fraction of sp³-hybridized carbons (Fsp3) is 0. The summed E-state index contributed by atoms with van der Waals surface area (Å²) in [4.78, 5) is 15.5. The van der Waals surface area contributed by atoms with Gasteiger partial charge < -0.3 is 4.57 Å². The molecule has 3 aromatic carbocycles. The van der Waals surface area contributed by atoms with Crippen molar-refractivity contribution in [3.05, 3.63) is 89.1 Å². The Balaban J connectivity index is 1.91. The van der Waals surface area contributed by atoms with E-state index in [0.29, 0.717) is 0 Å². The normalized spacial score (nSPS) is 11.4. The lowest BCUT2D eigenvalue weighted by Gasteiger charge is -2.13. The van der Waals surface area contributed by atoms with Gasteiger partial charge in [-0.25, -0.2) is 4.98 Å². The molecule has 5 rings (SSSR count). The molecular formula is C21H13N3O2. The molecule has 26 heavy (non-hydrogen) atoms. The number of hydrogen-bond donors (Lipinski definition) is 0. The first-order valence-corrected chi connectivity index (χ1v) is 8.26. The first kappa shape index (κ1) is 14.6. The Hall–Kier alpha value is -3.73. The highest BCUT2D eigenvalue weighted by Crippen LogP contribution is 2.33. The van der Waals surface area contributed by atoms with Crippen molar-refractivity contribution in [3.63, 3.8) is 0 Å². The van der Waals surface area contributed by atoms with Gasteiger partial charge in [-0.2, -0.15) is 0 Å². The van der Waals surface area contributed by atoms with Crippen molar-refractivity contribution in [2.45, 2.75) is 0 Å². The SMILES string of the molecule is O=[N+]([O-])c1ccc2c(ccn2-c2c3ccccc3nc3ccccc23)c1. The van der Waals surface area contributed by atoms with Gasteiger partial charge in [0.15, 0.2) is 0 Å². The van der Waals surface area contributed by atoms with Gasteiger partial charge in [0.25, 0.3) is 5.69 Å². The van der Waals surface area contributed by atoms with Gasteiger partial charge in [0.1, 0.15) is 0 Å². The van der Waals surface area contributed by atoms with E-state index in [1.165, 1.54) is 0 Å². The quantitative estimate of drug-likeness (QED) is 0.251. The smallest absolute Gasteiger partial charge is 0.270 e. The van der Waals surface area contributed by atoms with E-state index in [-0.39, 0.29) is 10.6 Å². The van der Waals surface area contributed by atoms with Crippen molar-refractivity contribution < 1.29 is 4.92 Å². The van der Waals surface area contributed by atoms with E-state index in [2.05, 4.69) is 16.7 Å². The number of rotatable bonds is 2. The summed E-state index contributed by atoms with van der Waals surface area (Å²) in [6, 6.07) is 22.9. The molecule has 0 fully saturated rings. The summed E-state index contributed by atoms with van der Waals surface area (Å²) in [6.45, 7) is 0. The number of nitrogens with zero attached hydrogens (tertiary/aromatic N) is 3. The average molecular weight is 339 g/mol. The molecule has 5 nitrogen and oxygen atoms in total. The average Bonchev–Trinajstić information content (AvgIpc) is 3.09. The molecule has 0 N–H and O–H groups in total. The molecule has 0 atom stereocenters. The van der Waals surface area contributed by atoms with E-state index in [9.17, 15) is 10.1 Å². The van der Waals surface area contributed by atoms with E-state index in [1.807, 2.05) is 48.7 Å². The van der Waals surface area contributed by atoms with E-state index in [4.69, 9.17) is 4.98 Å². The highest BCUT2D eigenvalue weighted by atomic mass is 16.6. The van der Waals surface area contributed by atoms with Gasteiger partial charge in [0, 0.05) is 34.5 Å². The number of hydrogen-bond acceptors (Lipinski definition) is 3. The van der Waals surface area contributed by atoms with Crippen LogP contribution < -0.4 is 0 Å². The summed E-state index contributed by atoms with van der Waals surface area (Å²) in [5.74, 6) is 0. The van der Waals surface area contributed by atoms with Crippen molar-refractivity contribution >= 4 is 38.4 Å². The number of nitro benzene ring substituents is 1. The van der Waals surface area contributed by atoms with Crippen LogP contribution in [0.5, 0.6) is 0 Å². The van der Waals surface area contributed by atoms with Gasteiger partial charge >= 0.3 is 0 Å². The summed E-state index contributed by atoms with van der Waals surface area (Å²) in [5, 5.41) is 14.0. The van der Waals surface area contributed by atoms with Crippen LogP contribution in [0.2, 0.25) is 0 Å². The monoisotopic (exact) mass is 339 g/mol. The molecule has 0 saturated carbocycles. The summed E-state index contributed by atoms with van der Waals surface area (Å²) in [7, 11) is 0. The van der Waals surface area contributed by atoms with E-state index in [1.54, 1.807) is 18.2 Å². The van der Waals surface area contributed by atoms with Gasteiger partial charge in [-0.15, -0.1) is 0 Å². The molecule has 0 aliphatic rings. The van der Waals surface area contributed by atoms with Gasteiger partial charge in [0.05, 0.1) is 27.2 Å². The number of benzene rings is 3. The zero-order valence-corrected chi connectivity index (χ0v) is 13.7. The van der Waals surface area contributed by atoms with Crippen LogP contribution in [0, 0.1) is 10.1 Å². The molecule has 0 aliphatic heterocycles. The fourth-order valence-corrected chi connectivity index (χ4v) is 3.52. The Morgan fingerprint density at radius 1 is 0.846 bits per heavy atom. The summed E-state index contributed by atoms with van der Waals surface area (Å²) >= 11 is 0. The van der Waals surface area contributed by atoms with Crippen molar-refractivity contribution in [1.82, 2.24) is 9.55 Å². The summed E-state index contributed by atoms with van der Waals surface area (Å²) in [5.41, 5.74) is 3.90. The van der Waals surface area contributed by atoms with Crippen LogP contribution in [-0.2, 0) is 0 Å². The zero-order valence-electron chi connectivity index (χ0n) is 13.7. The number of non-ortho nitro benzene ring substituents is 1. The lowest BCUT2D eigenvalue weighted by atomic mass is 10.1. The number of fused-ring (bicyclic) bond motifs is 3. The molecule has 5 aromatic rings. The number of aromatic nitrogens is 2. The number of para-hydroxylation sites is 2. The van der Waals surface area contributed by atoms with Crippen LogP contribution in [-0.4, -0.2) is 14.5 Å². The molecule has 0 radical (unpaired) electrons. The van der Waals surface area contributed by atoms with Crippen molar-refractivity contribution in [3.8, 4) is 5.69 Å². The lowest BCUT2D eigenvalue weighted by Crippen LogP contribution is -1.97. The molecule has 0 bridgehead atoms. The number of pyridine rings is 1. The molecule has 0 saturated heterocycles. The topological polar surface area (TPSA) is 61.0 Å². The third kappa shape index (κ3) is 2.07. The predicted molar refractivity (Wildman–Crippen MR) is 103 cm³/mol. The summed E-state index contributed by atoms with van der Waals surface area (Å²) in [6.07, 6.45) is 1.96. The second-order valence-corrected chi connectivity index (χ2v) is 6.18. The highest BCUT2D eigenvalue weighted by Gasteiger charge is 2.14. The Bertz CT molecular complexity index is 1270. The lowest BCUT2D eigenvalue weighted by molar-refractivity contribution is -0.384. The largest absolute Gasteiger partial charge is 0.315 e. The van der Waals surface area contributed by atoms with Gasteiger partial charge in [0.2, 0.25) is 0 Å². The minimum atomic E-state index is -0.367. The summed E-state index contributed by atoms with van der Waals surface area (Å²) < 4.78 is 2.09. The highest BCUT2D eigenvalue weighted by molar-refractivity contribution is 6.04.